The average molecular weight is 280 g/mol. The topological polar surface area (TPSA) is 58.1 Å². The second kappa shape index (κ2) is 4.44. The summed E-state index contributed by atoms with van der Waals surface area (Å²) in [4.78, 5) is 18.3. The number of carbonyl (C=O) groups excluding carboxylic acids is 1. The first-order valence-electron chi connectivity index (χ1n) is 6.84. The van der Waals surface area contributed by atoms with E-state index in [4.69, 9.17) is 0 Å². The Hall–Kier alpha value is -1.17. The van der Waals surface area contributed by atoms with Gasteiger partial charge in [0.25, 0.3) is 0 Å². The highest BCUT2D eigenvalue weighted by Crippen LogP contribution is 2.39. The molecule has 1 aromatic rings. The number of aryl methyl sites for hydroxylation is 1. The summed E-state index contributed by atoms with van der Waals surface area (Å²) < 4.78 is 4.24. The number of nitrogens with one attached hydrogen (secondary N) is 1. The Morgan fingerprint density at radius 1 is 1.37 bits per heavy atom. The van der Waals surface area contributed by atoms with Crippen molar-refractivity contribution in [3.63, 3.8) is 0 Å². The van der Waals surface area contributed by atoms with Crippen LogP contribution in [0, 0.1) is 18.3 Å². The minimum absolute atomic E-state index is 0.188. The lowest BCUT2D eigenvalue weighted by atomic mass is 9.68. The molecule has 2 aliphatic rings. The lowest BCUT2D eigenvalue weighted by Gasteiger charge is -2.50. The van der Waals surface area contributed by atoms with E-state index in [1.165, 1.54) is 11.5 Å². The quantitative estimate of drug-likeness (QED) is 0.836. The Kier molecular flexibility index (Phi) is 3.00. The molecule has 0 unspecified atom stereocenters. The fourth-order valence-electron chi connectivity index (χ4n) is 3.12. The number of hydrogen-bond donors (Lipinski definition) is 1. The third-order valence-electron chi connectivity index (χ3n) is 4.45. The molecule has 0 aromatic carbocycles. The highest BCUT2D eigenvalue weighted by Gasteiger charge is 2.50. The summed E-state index contributed by atoms with van der Waals surface area (Å²) in [6.07, 6.45) is 2.24. The minimum Gasteiger partial charge on any atom is -0.351 e. The van der Waals surface area contributed by atoms with Crippen LogP contribution in [0.3, 0.4) is 0 Å². The number of β-lactam (4-membered cyclic amide) rings is 1. The molecule has 0 spiro atoms. The lowest BCUT2D eigenvalue weighted by molar-refractivity contribution is -0.145. The molecule has 104 valence electrons. The second-order valence-electron chi connectivity index (χ2n) is 6.12. The molecule has 3 rings (SSSR count). The van der Waals surface area contributed by atoms with Crippen LogP contribution in [0.15, 0.2) is 0 Å². The number of hydrogen-bond acceptors (Lipinski definition) is 5. The van der Waals surface area contributed by atoms with Gasteiger partial charge in [-0.15, -0.1) is 0 Å². The number of rotatable bonds is 2. The predicted molar refractivity (Wildman–Crippen MR) is 75.3 cm³/mol. The van der Waals surface area contributed by atoms with Crippen molar-refractivity contribution in [3.05, 3.63) is 5.82 Å². The fourth-order valence-corrected chi connectivity index (χ4v) is 3.84. The van der Waals surface area contributed by atoms with E-state index in [9.17, 15) is 4.79 Å². The van der Waals surface area contributed by atoms with E-state index in [1.807, 2.05) is 6.92 Å². The number of anilines is 1. The molecule has 1 N–H and O–H groups in total. The van der Waals surface area contributed by atoms with Gasteiger partial charge in [0.2, 0.25) is 11.0 Å². The zero-order valence-electron chi connectivity index (χ0n) is 11.6. The van der Waals surface area contributed by atoms with Crippen molar-refractivity contribution in [1.82, 2.24) is 14.7 Å². The van der Waals surface area contributed by atoms with Crippen LogP contribution < -0.4 is 10.2 Å². The van der Waals surface area contributed by atoms with Crippen LogP contribution in [0.4, 0.5) is 5.13 Å². The van der Waals surface area contributed by atoms with Crippen LogP contribution in [0.2, 0.25) is 0 Å². The molecule has 1 amide bonds. The van der Waals surface area contributed by atoms with Gasteiger partial charge >= 0.3 is 0 Å². The molecule has 2 fully saturated rings. The van der Waals surface area contributed by atoms with Crippen LogP contribution in [0.25, 0.3) is 0 Å². The van der Waals surface area contributed by atoms with E-state index < -0.39 is 0 Å². The van der Waals surface area contributed by atoms with Crippen molar-refractivity contribution in [3.8, 4) is 0 Å². The maximum absolute atomic E-state index is 11.6. The van der Waals surface area contributed by atoms with Crippen molar-refractivity contribution in [2.24, 2.45) is 11.3 Å². The van der Waals surface area contributed by atoms with E-state index in [0.717, 1.165) is 36.9 Å². The van der Waals surface area contributed by atoms with Crippen molar-refractivity contribution < 1.29 is 4.79 Å². The summed E-state index contributed by atoms with van der Waals surface area (Å²) in [5.74, 6) is 1.65. The Balaban J connectivity index is 1.60. The van der Waals surface area contributed by atoms with Gasteiger partial charge in [-0.05, 0) is 39.5 Å². The minimum atomic E-state index is -0.188. The average Bonchev–Trinajstić information content (AvgIpc) is 2.83. The number of amides is 1. The summed E-state index contributed by atoms with van der Waals surface area (Å²) >= 11 is 1.48. The fraction of sp³-hybridized carbons (Fsp3) is 0.769. The third kappa shape index (κ3) is 2.12. The van der Waals surface area contributed by atoms with Gasteiger partial charge in [0.15, 0.2) is 0 Å². The van der Waals surface area contributed by atoms with Crippen LogP contribution in [-0.4, -0.2) is 34.4 Å². The highest BCUT2D eigenvalue weighted by molar-refractivity contribution is 7.09. The molecular weight excluding hydrogens is 260 g/mol. The van der Waals surface area contributed by atoms with Gasteiger partial charge in [-0.3, -0.25) is 4.79 Å². The van der Waals surface area contributed by atoms with E-state index >= 15 is 0 Å². The van der Waals surface area contributed by atoms with Gasteiger partial charge < -0.3 is 10.2 Å². The van der Waals surface area contributed by atoms with Crippen molar-refractivity contribution in [2.45, 2.75) is 39.7 Å². The van der Waals surface area contributed by atoms with E-state index in [0.29, 0.717) is 12.0 Å². The molecule has 0 bridgehead atoms. The molecule has 3 heterocycles. The number of carbonyl (C=O) groups is 1. The Morgan fingerprint density at radius 3 is 2.53 bits per heavy atom. The van der Waals surface area contributed by atoms with Crippen LogP contribution in [0.5, 0.6) is 0 Å². The molecular formula is C13H20N4OS. The maximum atomic E-state index is 11.6. The number of nitrogens with zero attached hydrogens (tertiary/aromatic N) is 3. The predicted octanol–water partition coefficient (Wildman–Crippen LogP) is 1.59. The summed E-state index contributed by atoms with van der Waals surface area (Å²) in [5, 5.41) is 4.11. The molecule has 2 aliphatic heterocycles. The van der Waals surface area contributed by atoms with Crippen LogP contribution in [-0.2, 0) is 4.79 Å². The molecule has 0 aliphatic carbocycles. The molecule has 19 heavy (non-hydrogen) atoms. The molecule has 6 heteroatoms. The standard InChI is InChI=1S/C13H20N4OS/c1-8-14-12(19-16-8)17-6-4-9(5-7-17)10-13(2,3)11(18)15-10/h9-10H,4-7H2,1-3H3,(H,15,18)/t10-/m0/s1. The van der Waals surface area contributed by atoms with E-state index in [-0.39, 0.29) is 11.3 Å². The summed E-state index contributed by atoms with van der Waals surface area (Å²) in [6.45, 7) is 8.07. The van der Waals surface area contributed by atoms with Gasteiger partial charge in [-0.25, -0.2) is 4.98 Å². The Bertz CT molecular complexity index is 491. The van der Waals surface area contributed by atoms with Crippen LogP contribution >= 0.6 is 11.5 Å². The summed E-state index contributed by atoms with van der Waals surface area (Å²) in [6, 6.07) is 0.346. The van der Waals surface area contributed by atoms with Crippen molar-refractivity contribution in [1.29, 1.82) is 0 Å². The Morgan fingerprint density at radius 2 is 2.05 bits per heavy atom. The van der Waals surface area contributed by atoms with Gasteiger partial charge in [0.1, 0.15) is 5.82 Å². The molecule has 1 aromatic heterocycles. The zero-order chi connectivity index (χ0) is 13.6. The highest BCUT2D eigenvalue weighted by atomic mass is 32.1. The third-order valence-corrected chi connectivity index (χ3v) is 5.32. The van der Waals surface area contributed by atoms with E-state index in [1.54, 1.807) is 0 Å². The smallest absolute Gasteiger partial charge is 0.228 e. The number of piperidine rings is 1. The molecule has 0 saturated carbocycles. The van der Waals surface area contributed by atoms with Crippen molar-refractivity contribution in [2.75, 3.05) is 18.0 Å². The van der Waals surface area contributed by atoms with Gasteiger partial charge in [0.05, 0.1) is 5.41 Å². The lowest BCUT2D eigenvalue weighted by Crippen LogP contribution is -2.67. The van der Waals surface area contributed by atoms with Gasteiger partial charge in [-0.1, -0.05) is 0 Å². The number of aromatic nitrogens is 2. The molecule has 2 saturated heterocycles. The first-order valence-corrected chi connectivity index (χ1v) is 7.62. The van der Waals surface area contributed by atoms with Crippen molar-refractivity contribution >= 4 is 22.6 Å². The first-order chi connectivity index (χ1) is 8.98. The van der Waals surface area contributed by atoms with E-state index in [2.05, 4.69) is 33.4 Å². The van der Waals surface area contributed by atoms with Gasteiger partial charge in [-0.2, -0.15) is 4.37 Å². The molecule has 1 atom stereocenters. The zero-order valence-corrected chi connectivity index (χ0v) is 12.5. The SMILES string of the molecule is Cc1nsc(N2CCC([C@@H]3NC(=O)C3(C)C)CC2)n1. The monoisotopic (exact) mass is 280 g/mol. The summed E-state index contributed by atoms with van der Waals surface area (Å²) in [7, 11) is 0. The maximum Gasteiger partial charge on any atom is 0.228 e. The Labute approximate surface area is 117 Å². The normalized spacial score (nSPS) is 27.0. The van der Waals surface area contributed by atoms with Crippen LogP contribution in [0.1, 0.15) is 32.5 Å². The first kappa shape index (κ1) is 12.8. The van der Waals surface area contributed by atoms with Gasteiger partial charge in [0, 0.05) is 30.7 Å². The largest absolute Gasteiger partial charge is 0.351 e. The molecule has 0 radical (unpaired) electrons. The summed E-state index contributed by atoms with van der Waals surface area (Å²) in [5.41, 5.74) is -0.188. The molecule has 5 nitrogen and oxygen atoms in total. The second-order valence-corrected chi connectivity index (χ2v) is 6.85.